The molecule has 0 aromatic carbocycles. The summed E-state index contributed by atoms with van der Waals surface area (Å²) in [4.78, 5) is 0. The van der Waals surface area contributed by atoms with Gasteiger partial charge in [0, 0.05) is 6.04 Å². The van der Waals surface area contributed by atoms with Crippen LogP contribution in [0.3, 0.4) is 0 Å². The van der Waals surface area contributed by atoms with Crippen LogP contribution in [0.5, 0.6) is 0 Å². The van der Waals surface area contributed by atoms with Gasteiger partial charge in [0.05, 0.1) is 0 Å². The highest BCUT2D eigenvalue weighted by molar-refractivity contribution is 4.90. The maximum atomic E-state index is 3.78. The molecule has 1 nitrogen and oxygen atoms in total. The van der Waals surface area contributed by atoms with Crippen LogP contribution in [0.25, 0.3) is 0 Å². The Kier molecular flexibility index (Phi) is 3.33. The van der Waals surface area contributed by atoms with Crippen LogP contribution in [0, 0.1) is 5.41 Å². The molecule has 0 spiro atoms. The van der Waals surface area contributed by atoms with Crippen molar-refractivity contribution >= 4 is 0 Å². The van der Waals surface area contributed by atoms with Gasteiger partial charge in [-0.3, -0.25) is 0 Å². The summed E-state index contributed by atoms with van der Waals surface area (Å²) < 4.78 is 0. The molecule has 12 heavy (non-hydrogen) atoms. The van der Waals surface area contributed by atoms with Gasteiger partial charge < -0.3 is 5.32 Å². The molecule has 2 unspecified atom stereocenters. The van der Waals surface area contributed by atoms with Gasteiger partial charge in [0.25, 0.3) is 0 Å². The quantitative estimate of drug-likeness (QED) is 0.635. The molecule has 1 N–H and O–H groups in total. The molecule has 0 amide bonds. The second-order valence-corrected chi connectivity index (χ2v) is 4.37. The van der Waals surface area contributed by atoms with E-state index < -0.39 is 0 Å². The number of allylic oxidation sites excluding steroid dienone is 1. The lowest BCUT2D eigenvalue weighted by molar-refractivity contribution is 0.302. The zero-order valence-electron chi connectivity index (χ0n) is 8.40. The third-order valence-corrected chi connectivity index (χ3v) is 3.20. The highest BCUT2D eigenvalue weighted by atomic mass is 14.9. The average Bonchev–Trinajstić information content (AvgIpc) is 2.45. The molecule has 1 saturated carbocycles. The molecule has 1 aliphatic rings. The summed E-state index contributed by atoms with van der Waals surface area (Å²) in [7, 11) is 2.07. The summed E-state index contributed by atoms with van der Waals surface area (Å²) in [5, 5.41) is 3.37. The summed E-state index contributed by atoms with van der Waals surface area (Å²) in [6.07, 6.45) is 8.60. The summed E-state index contributed by atoms with van der Waals surface area (Å²) in [5.41, 5.74) is 0.585. The van der Waals surface area contributed by atoms with Crippen LogP contribution in [0.4, 0.5) is 0 Å². The first kappa shape index (κ1) is 9.79. The van der Waals surface area contributed by atoms with Crippen molar-refractivity contribution in [2.45, 2.75) is 45.1 Å². The van der Waals surface area contributed by atoms with Crippen LogP contribution in [0.1, 0.15) is 39.0 Å². The fraction of sp³-hybridized carbons (Fsp3) is 0.818. The van der Waals surface area contributed by atoms with E-state index in [9.17, 15) is 0 Å². The van der Waals surface area contributed by atoms with Gasteiger partial charge in [-0.25, -0.2) is 0 Å². The van der Waals surface area contributed by atoms with Gasteiger partial charge in [-0.05, 0) is 44.6 Å². The summed E-state index contributed by atoms with van der Waals surface area (Å²) in [6, 6.07) is 0.764. The summed E-state index contributed by atoms with van der Waals surface area (Å²) >= 11 is 0. The van der Waals surface area contributed by atoms with Crippen molar-refractivity contribution in [3.05, 3.63) is 12.7 Å². The first-order valence-corrected chi connectivity index (χ1v) is 4.98. The SMILES string of the molecule is C=CCCC1(C)CCC(NC)C1. The third kappa shape index (κ3) is 2.34. The van der Waals surface area contributed by atoms with Crippen molar-refractivity contribution in [2.75, 3.05) is 7.05 Å². The average molecular weight is 167 g/mol. The van der Waals surface area contributed by atoms with Gasteiger partial charge in [0.15, 0.2) is 0 Å². The topological polar surface area (TPSA) is 12.0 Å². The van der Waals surface area contributed by atoms with E-state index in [0.717, 1.165) is 6.04 Å². The molecule has 2 atom stereocenters. The number of hydrogen-bond acceptors (Lipinski definition) is 1. The normalized spacial score (nSPS) is 35.3. The highest BCUT2D eigenvalue weighted by Gasteiger charge is 2.33. The van der Waals surface area contributed by atoms with Gasteiger partial charge in [0.2, 0.25) is 0 Å². The second kappa shape index (κ2) is 4.08. The fourth-order valence-corrected chi connectivity index (χ4v) is 2.25. The van der Waals surface area contributed by atoms with E-state index in [1.54, 1.807) is 0 Å². The molecular weight excluding hydrogens is 146 g/mol. The molecular formula is C11H21N. The standard InChI is InChI=1S/C11H21N/c1-4-5-7-11(2)8-6-10(9-11)12-3/h4,10,12H,1,5-9H2,2-3H3. The van der Waals surface area contributed by atoms with Gasteiger partial charge in [-0.15, -0.1) is 6.58 Å². The molecule has 1 heteroatoms. The molecule has 0 radical (unpaired) electrons. The maximum Gasteiger partial charge on any atom is 0.00694 e. The van der Waals surface area contributed by atoms with Crippen LogP contribution in [0.15, 0.2) is 12.7 Å². The Hall–Kier alpha value is -0.300. The second-order valence-electron chi connectivity index (χ2n) is 4.37. The van der Waals surface area contributed by atoms with Crippen molar-refractivity contribution in [2.24, 2.45) is 5.41 Å². The Morgan fingerprint density at radius 2 is 2.42 bits per heavy atom. The number of nitrogens with one attached hydrogen (secondary N) is 1. The van der Waals surface area contributed by atoms with Crippen molar-refractivity contribution in [1.29, 1.82) is 0 Å². The monoisotopic (exact) mass is 167 g/mol. The maximum absolute atomic E-state index is 3.78. The Balaban J connectivity index is 2.35. The lowest BCUT2D eigenvalue weighted by Crippen LogP contribution is -2.23. The zero-order chi connectivity index (χ0) is 9.03. The van der Waals surface area contributed by atoms with E-state index >= 15 is 0 Å². The van der Waals surface area contributed by atoms with Crippen LogP contribution < -0.4 is 5.32 Å². The lowest BCUT2D eigenvalue weighted by Gasteiger charge is -2.23. The van der Waals surface area contributed by atoms with E-state index in [1.807, 2.05) is 6.08 Å². The van der Waals surface area contributed by atoms with E-state index in [-0.39, 0.29) is 0 Å². The molecule has 0 bridgehead atoms. The minimum Gasteiger partial charge on any atom is -0.317 e. The number of hydrogen-bond donors (Lipinski definition) is 1. The van der Waals surface area contributed by atoms with Crippen LogP contribution in [-0.2, 0) is 0 Å². The molecule has 0 aromatic heterocycles. The molecule has 0 heterocycles. The molecule has 70 valence electrons. The molecule has 0 saturated heterocycles. The van der Waals surface area contributed by atoms with Crippen molar-refractivity contribution in [1.82, 2.24) is 5.32 Å². The lowest BCUT2D eigenvalue weighted by atomic mass is 9.83. The van der Waals surface area contributed by atoms with Gasteiger partial charge in [-0.2, -0.15) is 0 Å². The summed E-state index contributed by atoms with van der Waals surface area (Å²) in [5.74, 6) is 0. The van der Waals surface area contributed by atoms with Crippen LogP contribution >= 0.6 is 0 Å². The predicted molar refractivity (Wildman–Crippen MR) is 54.2 cm³/mol. The van der Waals surface area contributed by atoms with E-state index in [4.69, 9.17) is 0 Å². The zero-order valence-corrected chi connectivity index (χ0v) is 8.40. The highest BCUT2D eigenvalue weighted by Crippen LogP contribution is 2.41. The Morgan fingerprint density at radius 3 is 2.92 bits per heavy atom. The molecule has 0 aromatic rings. The van der Waals surface area contributed by atoms with Gasteiger partial charge in [-0.1, -0.05) is 13.0 Å². The smallest absolute Gasteiger partial charge is 0.00694 e. The Morgan fingerprint density at radius 1 is 1.67 bits per heavy atom. The van der Waals surface area contributed by atoms with Gasteiger partial charge >= 0.3 is 0 Å². The minimum absolute atomic E-state index is 0.585. The molecule has 1 rings (SSSR count). The van der Waals surface area contributed by atoms with Crippen molar-refractivity contribution in [3.8, 4) is 0 Å². The van der Waals surface area contributed by atoms with Crippen LogP contribution in [-0.4, -0.2) is 13.1 Å². The fourth-order valence-electron chi connectivity index (χ4n) is 2.25. The Bertz CT molecular complexity index is 153. The van der Waals surface area contributed by atoms with Crippen molar-refractivity contribution in [3.63, 3.8) is 0 Å². The van der Waals surface area contributed by atoms with E-state index in [0.29, 0.717) is 5.41 Å². The summed E-state index contributed by atoms with van der Waals surface area (Å²) in [6.45, 7) is 6.19. The van der Waals surface area contributed by atoms with Crippen LogP contribution in [0.2, 0.25) is 0 Å². The van der Waals surface area contributed by atoms with Crippen molar-refractivity contribution < 1.29 is 0 Å². The largest absolute Gasteiger partial charge is 0.317 e. The molecule has 1 fully saturated rings. The van der Waals surface area contributed by atoms with E-state index in [2.05, 4.69) is 25.9 Å². The molecule has 1 aliphatic carbocycles. The third-order valence-electron chi connectivity index (χ3n) is 3.20. The first-order chi connectivity index (χ1) is 5.70. The first-order valence-electron chi connectivity index (χ1n) is 4.98. The van der Waals surface area contributed by atoms with Gasteiger partial charge in [0.1, 0.15) is 0 Å². The minimum atomic E-state index is 0.585. The molecule has 0 aliphatic heterocycles. The van der Waals surface area contributed by atoms with E-state index in [1.165, 1.54) is 32.1 Å². The number of rotatable bonds is 4. The predicted octanol–water partition coefficient (Wildman–Crippen LogP) is 2.73. The Labute approximate surface area is 76.2 Å².